The minimum Gasteiger partial charge on any atom is -0.324 e. The second-order valence-corrected chi connectivity index (χ2v) is 3.42. The molecule has 1 nitrogen and oxygen atoms in total. The van der Waals surface area contributed by atoms with Gasteiger partial charge in [-0.05, 0) is 24.1 Å². The second kappa shape index (κ2) is 6.75. The number of benzene rings is 1. The van der Waals surface area contributed by atoms with Gasteiger partial charge in [-0.25, -0.2) is 8.78 Å². The van der Waals surface area contributed by atoms with Gasteiger partial charge in [-0.3, -0.25) is 0 Å². The SMILES string of the molecule is CCCCC(N)c1ccc(F)c(F)c1.Cl. The van der Waals surface area contributed by atoms with Crippen LogP contribution in [0.15, 0.2) is 18.2 Å². The minimum absolute atomic E-state index is 0. The number of halogens is 3. The van der Waals surface area contributed by atoms with Gasteiger partial charge in [0.25, 0.3) is 0 Å². The van der Waals surface area contributed by atoms with Crippen LogP contribution in [-0.4, -0.2) is 0 Å². The summed E-state index contributed by atoms with van der Waals surface area (Å²) in [5.74, 6) is -1.65. The van der Waals surface area contributed by atoms with Crippen molar-refractivity contribution in [1.29, 1.82) is 0 Å². The normalized spacial score (nSPS) is 12.0. The lowest BCUT2D eigenvalue weighted by atomic mass is 10.0. The predicted molar refractivity (Wildman–Crippen MR) is 60.1 cm³/mol. The van der Waals surface area contributed by atoms with Gasteiger partial charge in [-0.2, -0.15) is 0 Å². The maximum absolute atomic E-state index is 12.8. The van der Waals surface area contributed by atoms with Gasteiger partial charge in [0.05, 0.1) is 0 Å². The Labute approximate surface area is 95.1 Å². The third kappa shape index (κ3) is 4.14. The van der Waals surface area contributed by atoms with Crippen LogP contribution in [0.2, 0.25) is 0 Å². The van der Waals surface area contributed by atoms with Crippen molar-refractivity contribution < 1.29 is 8.78 Å². The van der Waals surface area contributed by atoms with E-state index in [4.69, 9.17) is 5.73 Å². The summed E-state index contributed by atoms with van der Waals surface area (Å²) >= 11 is 0. The van der Waals surface area contributed by atoms with E-state index in [0.29, 0.717) is 5.56 Å². The monoisotopic (exact) mass is 235 g/mol. The van der Waals surface area contributed by atoms with Crippen molar-refractivity contribution in [2.45, 2.75) is 32.2 Å². The highest BCUT2D eigenvalue weighted by molar-refractivity contribution is 5.85. The van der Waals surface area contributed by atoms with Gasteiger partial charge >= 0.3 is 0 Å². The van der Waals surface area contributed by atoms with Crippen LogP contribution in [0.25, 0.3) is 0 Å². The fraction of sp³-hybridized carbons (Fsp3) is 0.455. The molecule has 0 amide bonds. The molecule has 0 bridgehead atoms. The molecule has 4 heteroatoms. The van der Waals surface area contributed by atoms with E-state index in [-0.39, 0.29) is 18.4 Å². The number of unbranched alkanes of at least 4 members (excludes halogenated alkanes) is 1. The highest BCUT2D eigenvalue weighted by Gasteiger charge is 2.08. The van der Waals surface area contributed by atoms with Crippen LogP contribution in [0.4, 0.5) is 8.78 Å². The van der Waals surface area contributed by atoms with Crippen LogP contribution in [0, 0.1) is 11.6 Å². The number of nitrogens with two attached hydrogens (primary N) is 1. The first-order chi connectivity index (χ1) is 6.65. The number of rotatable bonds is 4. The molecule has 0 aromatic heterocycles. The highest BCUT2D eigenvalue weighted by atomic mass is 35.5. The van der Waals surface area contributed by atoms with Crippen molar-refractivity contribution in [3.8, 4) is 0 Å². The molecule has 0 aliphatic heterocycles. The average molecular weight is 236 g/mol. The van der Waals surface area contributed by atoms with E-state index in [9.17, 15) is 8.78 Å². The first kappa shape index (κ1) is 14.3. The van der Waals surface area contributed by atoms with Crippen LogP contribution < -0.4 is 5.73 Å². The molecule has 0 spiro atoms. The first-order valence-corrected chi connectivity index (χ1v) is 4.85. The zero-order chi connectivity index (χ0) is 10.6. The molecule has 0 radical (unpaired) electrons. The van der Waals surface area contributed by atoms with Crippen molar-refractivity contribution in [2.24, 2.45) is 5.73 Å². The van der Waals surface area contributed by atoms with Gasteiger partial charge in [0.2, 0.25) is 0 Å². The second-order valence-electron chi connectivity index (χ2n) is 3.42. The molecule has 0 heterocycles. The molecule has 1 rings (SSSR count). The van der Waals surface area contributed by atoms with Gasteiger partial charge in [0, 0.05) is 6.04 Å². The molecule has 0 fully saturated rings. The quantitative estimate of drug-likeness (QED) is 0.848. The van der Waals surface area contributed by atoms with Crippen molar-refractivity contribution in [2.75, 3.05) is 0 Å². The molecule has 15 heavy (non-hydrogen) atoms. The van der Waals surface area contributed by atoms with Crippen LogP contribution in [0.1, 0.15) is 37.8 Å². The fourth-order valence-electron chi connectivity index (χ4n) is 1.33. The smallest absolute Gasteiger partial charge is 0.159 e. The van der Waals surface area contributed by atoms with Gasteiger partial charge in [0.1, 0.15) is 0 Å². The molecule has 86 valence electrons. The maximum atomic E-state index is 12.8. The number of hydrogen-bond acceptors (Lipinski definition) is 1. The molecule has 1 aromatic rings. The Balaban J connectivity index is 0.00000196. The molecule has 0 aliphatic rings. The lowest BCUT2D eigenvalue weighted by Crippen LogP contribution is -2.10. The van der Waals surface area contributed by atoms with Gasteiger partial charge in [0.15, 0.2) is 11.6 Å². The fourth-order valence-corrected chi connectivity index (χ4v) is 1.33. The summed E-state index contributed by atoms with van der Waals surface area (Å²) in [5, 5.41) is 0. The third-order valence-electron chi connectivity index (χ3n) is 2.24. The van der Waals surface area contributed by atoms with E-state index < -0.39 is 11.6 Å². The molecular formula is C11H16ClF2N. The van der Waals surface area contributed by atoms with E-state index in [2.05, 4.69) is 6.92 Å². The van der Waals surface area contributed by atoms with Crippen LogP contribution in [0.3, 0.4) is 0 Å². The van der Waals surface area contributed by atoms with Crippen molar-refractivity contribution in [1.82, 2.24) is 0 Å². The summed E-state index contributed by atoms with van der Waals surface area (Å²) in [7, 11) is 0. The third-order valence-corrected chi connectivity index (χ3v) is 2.24. The van der Waals surface area contributed by atoms with Crippen molar-refractivity contribution in [3.05, 3.63) is 35.4 Å². The molecule has 1 aromatic carbocycles. The largest absolute Gasteiger partial charge is 0.324 e. The predicted octanol–water partition coefficient (Wildman–Crippen LogP) is 3.58. The van der Waals surface area contributed by atoms with E-state index >= 15 is 0 Å². The molecular weight excluding hydrogens is 220 g/mol. The van der Waals surface area contributed by atoms with Crippen LogP contribution in [-0.2, 0) is 0 Å². The minimum atomic E-state index is -0.825. The Morgan fingerprint density at radius 3 is 2.47 bits per heavy atom. The lowest BCUT2D eigenvalue weighted by molar-refractivity contribution is 0.503. The highest BCUT2D eigenvalue weighted by Crippen LogP contribution is 2.18. The topological polar surface area (TPSA) is 26.0 Å². The van der Waals surface area contributed by atoms with Gasteiger partial charge in [-0.15, -0.1) is 12.4 Å². The Kier molecular flexibility index (Phi) is 6.45. The summed E-state index contributed by atoms with van der Waals surface area (Å²) in [4.78, 5) is 0. The van der Waals surface area contributed by atoms with Crippen molar-refractivity contribution in [3.63, 3.8) is 0 Å². The zero-order valence-electron chi connectivity index (χ0n) is 8.67. The first-order valence-electron chi connectivity index (χ1n) is 4.85. The molecule has 1 atom stereocenters. The van der Waals surface area contributed by atoms with Gasteiger partial charge < -0.3 is 5.73 Å². The Bertz CT molecular complexity index is 305. The van der Waals surface area contributed by atoms with E-state index in [1.54, 1.807) is 6.07 Å². The summed E-state index contributed by atoms with van der Waals surface area (Å²) in [6.07, 6.45) is 2.86. The van der Waals surface area contributed by atoms with Crippen molar-refractivity contribution >= 4 is 12.4 Å². The van der Waals surface area contributed by atoms with Crippen LogP contribution >= 0.6 is 12.4 Å². The zero-order valence-corrected chi connectivity index (χ0v) is 9.49. The molecule has 2 N–H and O–H groups in total. The Morgan fingerprint density at radius 2 is 1.93 bits per heavy atom. The van der Waals surface area contributed by atoms with Crippen LogP contribution in [0.5, 0.6) is 0 Å². The standard InChI is InChI=1S/C11H15F2N.ClH/c1-2-3-4-11(14)8-5-6-9(12)10(13)7-8;/h5-7,11H,2-4,14H2,1H3;1H. The van der Waals surface area contributed by atoms with E-state index in [0.717, 1.165) is 25.3 Å². The summed E-state index contributed by atoms with van der Waals surface area (Å²) < 4.78 is 25.4. The van der Waals surface area contributed by atoms with E-state index in [1.807, 2.05) is 0 Å². The summed E-state index contributed by atoms with van der Waals surface area (Å²) in [6.45, 7) is 2.07. The Morgan fingerprint density at radius 1 is 1.27 bits per heavy atom. The Hall–Kier alpha value is -0.670. The summed E-state index contributed by atoms with van der Waals surface area (Å²) in [5.41, 5.74) is 6.48. The summed E-state index contributed by atoms with van der Waals surface area (Å²) in [6, 6.07) is 3.65. The number of hydrogen-bond donors (Lipinski definition) is 1. The molecule has 0 aliphatic carbocycles. The van der Waals surface area contributed by atoms with Gasteiger partial charge in [-0.1, -0.05) is 25.8 Å². The van der Waals surface area contributed by atoms with E-state index in [1.165, 1.54) is 6.07 Å². The molecule has 0 saturated carbocycles. The molecule has 0 saturated heterocycles. The average Bonchev–Trinajstić information content (AvgIpc) is 2.18. The maximum Gasteiger partial charge on any atom is 0.159 e. The lowest BCUT2D eigenvalue weighted by Gasteiger charge is -2.11. The molecule has 1 unspecified atom stereocenters.